The Hall–Kier alpha value is -3.02. The van der Waals surface area contributed by atoms with Gasteiger partial charge in [0.05, 0.1) is 13.7 Å². The van der Waals surface area contributed by atoms with Gasteiger partial charge in [-0.05, 0) is 42.7 Å². The van der Waals surface area contributed by atoms with Gasteiger partial charge in [0.1, 0.15) is 5.75 Å². The first-order valence-corrected chi connectivity index (χ1v) is 9.13. The molecule has 2 aromatic carbocycles. The number of hydrogen-bond donors (Lipinski definition) is 3. The summed E-state index contributed by atoms with van der Waals surface area (Å²) in [5.74, 6) is 1.58. The Morgan fingerprint density at radius 2 is 1.81 bits per heavy atom. The molecule has 2 rings (SSSR count). The molecule has 0 aromatic heterocycles. The van der Waals surface area contributed by atoms with E-state index in [9.17, 15) is 4.79 Å². The fourth-order valence-corrected chi connectivity index (χ4v) is 2.64. The van der Waals surface area contributed by atoms with Crippen LogP contribution in [0.5, 0.6) is 5.75 Å². The number of nitrogens with zero attached hydrogens (tertiary/aromatic N) is 1. The van der Waals surface area contributed by atoms with Crippen molar-refractivity contribution in [1.29, 1.82) is 0 Å². The van der Waals surface area contributed by atoms with Gasteiger partial charge in [-0.25, -0.2) is 4.99 Å². The van der Waals surface area contributed by atoms with Crippen molar-refractivity contribution in [2.24, 2.45) is 4.99 Å². The van der Waals surface area contributed by atoms with Crippen molar-refractivity contribution in [1.82, 2.24) is 16.0 Å². The van der Waals surface area contributed by atoms with Crippen molar-refractivity contribution in [3.8, 4) is 5.75 Å². The van der Waals surface area contributed by atoms with Gasteiger partial charge in [0.25, 0.3) is 5.91 Å². The van der Waals surface area contributed by atoms with Gasteiger partial charge in [-0.2, -0.15) is 0 Å². The number of aliphatic imine (C=N–C) groups is 1. The molecule has 0 aliphatic rings. The number of para-hydroxylation sites is 1. The van der Waals surface area contributed by atoms with Crippen LogP contribution in [0.4, 0.5) is 0 Å². The van der Waals surface area contributed by atoms with E-state index >= 15 is 0 Å². The number of ether oxygens (including phenoxy) is 1. The fraction of sp³-hybridized carbons (Fsp3) is 0.333. The number of hydrogen-bond acceptors (Lipinski definition) is 3. The average Bonchev–Trinajstić information content (AvgIpc) is 2.72. The molecular weight excluding hydrogens is 340 g/mol. The maximum atomic E-state index is 11.6. The summed E-state index contributed by atoms with van der Waals surface area (Å²) in [5, 5.41) is 9.22. The Balaban J connectivity index is 1.92. The number of amides is 1. The number of carbonyl (C=O) groups excluding carboxylic acids is 1. The standard InChI is InChI=1S/C21H28N4O2/c1-4-23-21(24-14-13-17-7-5-6-8-19(17)27-3)25-15-16-9-11-18(12-10-16)20(26)22-2/h5-12H,4,13-15H2,1-3H3,(H,22,26)(H2,23,24,25). The molecule has 0 unspecified atom stereocenters. The summed E-state index contributed by atoms with van der Waals surface area (Å²) in [6.07, 6.45) is 0.843. The van der Waals surface area contributed by atoms with Gasteiger partial charge in [0, 0.05) is 25.7 Å². The molecule has 0 atom stereocenters. The summed E-state index contributed by atoms with van der Waals surface area (Å²) in [5.41, 5.74) is 2.85. The molecule has 6 nitrogen and oxygen atoms in total. The molecule has 6 heteroatoms. The topological polar surface area (TPSA) is 74.8 Å². The third-order valence-corrected chi connectivity index (χ3v) is 4.09. The van der Waals surface area contributed by atoms with Crippen LogP contribution in [0, 0.1) is 0 Å². The third-order valence-electron chi connectivity index (χ3n) is 4.09. The molecule has 0 spiro atoms. The minimum absolute atomic E-state index is 0.0867. The summed E-state index contributed by atoms with van der Waals surface area (Å²) in [7, 11) is 3.31. The van der Waals surface area contributed by atoms with Crippen molar-refractivity contribution in [2.45, 2.75) is 19.9 Å². The molecule has 1 amide bonds. The molecule has 0 saturated carbocycles. The second kappa shape index (κ2) is 10.9. The number of methoxy groups -OCH3 is 1. The lowest BCUT2D eigenvalue weighted by Crippen LogP contribution is -2.38. The van der Waals surface area contributed by atoms with E-state index in [0.29, 0.717) is 12.1 Å². The molecule has 0 bridgehead atoms. The van der Waals surface area contributed by atoms with Crippen LogP contribution < -0.4 is 20.7 Å². The highest BCUT2D eigenvalue weighted by Gasteiger charge is 2.04. The van der Waals surface area contributed by atoms with E-state index in [1.165, 1.54) is 0 Å². The zero-order valence-corrected chi connectivity index (χ0v) is 16.2. The number of carbonyl (C=O) groups is 1. The van der Waals surface area contributed by atoms with Crippen LogP contribution in [0.2, 0.25) is 0 Å². The normalized spacial score (nSPS) is 11.0. The lowest BCUT2D eigenvalue weighted by atomic mass is 10.1. The molecule has 0 fully saturated rings. The zero-order valence-electron chi connectivity index (χ0n) is 16.2. The first-order valence-electron chi connectivity index (χ1n) is 9.13. The lowest BCUT2D eigenvalue weighted by Gasteiger charge is -2.13. The minimum atomic E-state index is -0.0867. The monoisotopic (exact) mass is 368 g/mol. The first-order chi connectivity index (χ1) is 13.2. The molecular formula is C21H28N4O2. The maximum absolute atomic E-state index is 11.6. The van der Waals surface area contributed by atoms with E-state index in [4.69, 9.17) is 4.74 Å². The summed E-state index contributed by atoms with van der Waals surface area (Å²) in [6, 6.07) is 15.5. The van der Waals surface area contributed by atoms with Crippen LogP contribution in [-0.4, -0.2) is 39.1 Å². The second-order valence-electron chi connectivity index (χ2n) is 5.96. The molecule has 0 saturated heterocycles. The van der Waals surface area contributed by atoms with Crippen molar-refractivity contribution >= 4 is 11.9 Å². The van der Waals surface area contributed by atoms with Gasteiger partial charge in [0.2, 0.25) is 0 Å². The molecule has 0 aliphatic heterocycles. The van der Waals surface area contributed by atoms with Crippen molar-refractivity contribution < 1.29 is 9.53 Å². The van der Waals surface area contributed by atoms with Crippen molar-refractivity contribution in [3.05, 3.63) is 65.2 Å². The van der Waals surface area contributed by atoms with Crippen LogP contribution >= 0.6 is 0 Å². The Morgan fingerprint density at radius 1 is 1.07 bits per heavy atom. The van der Waals surface area contributed by atoms with Crippen LogP contribution in [0.1, 0.15) is 28.4 Å². The Bertz CT molecular complexity index is 757. The molecule has 27 heavy (non-hydrogen) atoms. The van der Waals surface area contributed by atoms with Crippen molar-refractivity contribution in [2.75, 3.05) is 27.2 Å². The summed E-state index contributed by atoms with van der Waals surface area (Å²) < 4.78 is 5.39. The highest BCUT2D eigenvalue weighted by atomic mass is 16.5. The number of nitrogens with one attached hydrogen (secondary N) is 3. The van der Waals surface area contributed by atoms with Gasteiger partial charge in [-0.15, -0.1) is 0 Å². The van der Waals surface area contributed by atoms with Crippen LogP contribution in [-0.2, 0) is 13.0 Å². The van der Waals surface area contributed by atoms with E-state index in [1.54, 1.807) is 14.2 Å². The highest BCUT2D eigenvalue weighted by molar-refractivity contribution is 5.93. The zero-order chi connectivity index (χ0) is 19.5. The predicted molar refractivity (Wildman–Crippen MR) is 109 cm³/mol. The SMILES string of the molecule is CCNC(=NCc1ccc(C(=O)NC)cc1)NCCc1ccccc1OC. The Kier molecular flexibility index (Phi) is 8.16. The first kappa shape index (κ1) is 20.3. The molecule has 0 radical (unpaired) electrons. The van der Waals surface area contributed by atoms with E-state index in [1.807, 2.05) is 49.4 Å². The molecule has 144 valence electrons. The van der Waals surface area contributed by atoms with E-state index in [0.717, 1.165) is 42.3 Å². The highest BCUT2D eigenvalue weighted by Crippen LogP contribution is 2.17. The van der Waals surface area contributed by atoms with Crippen LogP contribution in [0.3, 0.4) is 0 Å². The Morgan fingerprint density at radius 3 is 2.48 bits per heavy atom. The quantitative estimate of drug-likeness (QED) is 0.494. The molecule has 0 aliphatic carbocycles. The summed E-state index contributed by atoms with van der Waals surface area (Å²) in [4.78, 5) is 16.2. The maximum Gasteiger partial charge on any atom is 0.251 e. The molecule has 3 N–H and O–H groups in total. The largest absolute Gasteiger partial charge is 0.496 e. The van der Waals surface area contributed by atoms with Gasteiger partial charge in [0.15, 0.2) is 5.96 Å². The van der Waals surface area contributed by atoms with Gasteiger partial charge < -0.3 is 20.7 Å². The van der Waals surface area contributed by atoms with Crippen LogP contribution in [0.25, 0.3) is 0 Å². The van der Waals surface area contributed by atoms with E-state index in [2.05, 4.69) is 27.0 Å². The minimum Gasteiger partial charge on any atom is -0.496 e. The van der Waals surface area contributed by atoms with Gasteiger partial charge >= 0.3 is 0 Å². The predicted octanol–water partition coefficient (Wildman–Crippen LogP) is 2.35. The summed E-state index contributed by atoms with van der Waals surface area (Å²) >= 11 is 0. The third kappa shape index (κ3) is 6.33. The van der Waals surface area contributed by atoms with Gasteiger partial charge in [-0.3, -0.25) is 4.79 Å². The second-order valence-corrected chi connectivity index (χ2v) is 5.96. The van der Waals surface area contributed by atoms with E-state index in [-0.39, 0.29) is 5.91 Å². The number of guanidine groups is 1. The summed E-state index contributed by atoms with van der Waals surface area (Å²) in [6.45, 7) is 4.12. The smallest absolute Gasteiger partial charge is 0.251 e. The molecule has 0 heterocycles. The lowest BCUT2D eigenvalue weighted by molar-refractivity contribution is 0.0963. The fourth-order valence-electron chi connectivity index (χ4n) is 2.64. The van der Waals surface area contributed by atoms with E-state index < -0.39 is 0 Å². The number of rotatable bonds is 8. The average molecular weight is 368 g/mol. The number of benzene rings is 2. The van der Waals surface area contributed by atoms with Crippen molar-refractivity contribution in [3.63, 3.8) is 0 Å². The van der Waals surface area contributed by atoms with Gasteiger partial charge in [-0.1, -0.05) is 30.3 Å². The molecule has 2 aromatic rings. The van der Waals surface area contributed by atoms with Crippen LogP contribution in [0.15, 0.2) is 53.5 Å². The Labute approximate surface area is 161 Å².